The minimum absolute atomic E-state index is 0. The second-order valence-electron chi connectivity index (χ2n) is 5.02. The second kappa shape index (κ2) is 7.94. The van der Waals surface area contributed by atoms with Crippen molar-refractivity contribution in [2.45, 2.75) is 12.8 Å². The van der Waals surface area contributed by atoms with Crippen LogP contribution in [-0.2, 0) is 9.53 Å². The SMILES string of the molecule is COCCN1CN(CC2CCCNC2)CC1=O.Cl. The van der Waals surface area contributed by atoms with E-state index >= 15 is 0 Å². The molecule has 0 aromatic rings. The number of rotatable bonds is 5. The molecule has 0 bridgehead atoms. The van der Waals surface area contributed by atoms with E-state index < -0.39 is 0 Å². The fourth-order valence-electron chi connectivity index (χ4n) is 2.63. The van der Waals surface area contributed by atoms with Crippen molar-refractivity contribution in [3.05, 3.63) is 0 Å². The van der Waals surface area contributed by atoms with Crippen LogP contribution in [0.1, 0.15) is 12.8 Å². The predicted octanol–water partition coefficient (Wildman–Crippen LogP) is 0.156. The topological polar surface area (TPSA) is 44.8 Å². The number of methoxy groups -OCH3 is 1. The van der Waals surface area contributed by atoms with Crippen molar-refractivity contribution in [2.75, 3.05) is 53.1 Å². The van der Waals surface area contributed by atoms with Gasteiger partial charge in [-0.05, 0) is 31.8 Å². The first kappa shape index (κ1) is 15.7. The third-order valence-corrected chi connectivity index (χ3v) is 3.56. The van der Waals surface area contributed by atoms with Gasteiger partial charge in [0.2, 0.25) is 5.91 Å². The van der Waals surface area contributed by atoms with E-state index in [2.05, 4.69) is 10.2 Å². The quantitative estimate of drug-likeness (QED) is 0.777. The molecule has 5 nitrogen and oxygen atoms in total. The van der Waals surface area contributed by atoms with Crippen LogP contribution < -0.4 is 5.32 Å². The van der Waals surface area contributed by atoms with E-state index in [1.165, 1.54) is 12.8 Å². The molecule has 1 atom stereocenters. The van der Waals surface area contributed by atoms with Crippen molar-refractivity contribution in [3.63, 3.8) is 0 Å². The Bertz CT molecular complexity index is 260. The van der Waals surface area contributed by atoms with Crippen LogP contribution in [0.15, 0.2) is 0 Å². The smallest absolute Gasteiger partial charge is 0.237 e. The first-order valence-corrected chi connectivity index (χ1v) is 6.49. The minimum Gasteiger partial charge on any atom is -0.383 e. The van der Waals surface area contributed by atoms with Crippen LogP contribution >= 0.6 is 12.4 Å². The molecular weight excluding hydrogens is 254 g/mol. The Morgan fingerprint density at radius 2 is 2.33 bits per heavy atom. The van der Waals surface area contributed by atoms with Crippen LogP contribution in [-0.4, -0.2) is 68.8 Å². The van der Waals surface area contributed by atoms with E-state index in [-0.39, 0.29) is 18.3 Å². The van der Waals surface area contributed by atoms with E-state index in [4.69, 9.17) is 4.74 Å². The first-order chi connectivity index (χ1) is 8.29. The fourth-order valence-corrected chi connectivity index (χ4v) is 2.63. The molecule has 2 fully saturated rings. The number of nitrogens with zero attached hydrogens (tertiary/aromatic N) is 2. The summed E-state index contributed by atoms with van der Waals surface area (Å²) >= 11 is 0. The summed E-state index contributed by atoms with van der Waals surface area (Å²) in [5.41, 5.74) is 0. The summed E-state index contributed by atoms with van der Waals surface area (Å²) in [6.45, 7) is 6.00. The van der Waals surface area contributed by atoms with Gasteiger partial charge in [-0.3, -0.25) is 9.69 Å². The van der Waals surface area contributed by atoms with Crippen LogP contribution in [0.3, 0.4) is 0 Å². The van der Waals surface area contributed by atoms with E-state index in [0.29, 0.717) is 19.1 Å². The number of piperidine rings is 1. The summed E-state index contributed by atoms with van der Waals surface area (Å²) in [7, 11) is 1.67. The maximum absolute atomic E-state index is 11.7. The molecule has 1 unspecified atom stereocenters. The van der Waals surface area contributed by atoms with Crippen LogP contribution in [0.5, 0.6) is 0 Å². The third kappa shape index (κ3) is 4.39. The molecule has 0 saturated carbocycles. The fraction of sp³-hybridized carbons (Fsp3) is 0.917. The number of ether oxygens (including phenoxy) is 1. The second-order valence-corrected chi connectivity index (χ2v) is 5.02. The molecule has 6 heteroatoms. The summed E-state index contributed by atoms with van der Waals surface area (Å²) in [5.74, 6) is 0.949. The van der Waals surface area contributed by atoms with Crippen LogP contribution in [0.25, 0.3) is 0 Å². The van der Waals surface area contributed by atoms with Gasteiger partial charge >= 0.3 is 0 Å². The number of amides is 1. The molecule has 2 saturated heterocycles. The average molecular weight is 278 g/mol. The maximum atomic E-state index is 11.7. The zero-order valence-electron chi connectivity index (χ0n) is 11.1. The van der Waals surface area contributed by atoms with Crippen molar-refractivity contribution in [2.24, 2.45) is 5.92 Å². The molecule has 18 heavy (non-hydrogen) atoms. The van der Waals surface area contributed by atoms with Crippen molar-refractivity contribution in [3.8, 4) is 0 Å². The molecule has 1 amide bonds. The Labute approximate surface area is 115 Å². The molecule has 0 aliphatic carbocycles. The molecule has 0 radical (unpaired) electrons. The zero-order valence-corrected chi connectivity index (χ0v) is 11.9. The van der Waals surface area contributed by atoms with E-state index in [0.717, 1.165) is 32.8 Å². The van der Waals surface area contributed by atoms with Crippen molar-refractivity contribution >= 4 is 18.3 Å². The van der Waals surface area contributed by atoms with Gasteiger partial charge in [0.05, 0.1) is 19.8 Å². The molecule has 2 heterocycles. The highest BCUT2D eigenvalue weighted by Gasteiger charge is 2.28. The molecule has 0 spiro atoms. The van der Waals surface area contributed by atoms with Gasteiger partial charge < -0.3 is 15.0 Å². The lowest BCUT2D eigenvalue weighted by Gasteiger charge is -2.27. The molecule has 2 aliphatic rings. The van der Waals surface area contributed by atoms with Gasteiger partial charge in [0.25, 0.3) is 0 Å². The lowest BCUT2D eigenvalue weighted by Crippen LogP contribution is -2.38. The molecule has 2 aliphatic heterocycles. The monoisotopic (exact) mass is 277 g/mol. The molecule has 106 valence electrons. The van der Waals surface area contributed by atoms with Crippen molar-refractivity contribution in [1.29, 1.82) is 0 Å². The molecule has 1 N–H and O–H groups in total. The van der Waals surface area contributed by atoms with E-state index in [1.807, 2.05) is 4.90 Å². The van der Waals surface area contributed by atoms with Crippen LogP contribution in [0, 0.1) is 5.92 Å². The Morgan fingerprint density at radius 3 is 3.00 bits per heavy atom. The summed E-state index contributed by atoms with van der Waals surface area (Å²) in [6.07, 6.45) is 2.55. The summed E-state index contributed by atoms with van der Waals surface area (Å²) in [4.78, 5) is 15.9. The minimum atomic E-state index is 0. The van der Waals surface area contributed by atoms with E-state index in [1.54, 1.807) is 7.11 Å². The Morgan fingerprint density at radius 1 is 1.50 bits per heavy atom. The number of halogens is 1. The number of carbonyl (C=O) groups excluding carboxylic acids is 1. The number of hydrogen-bond acceptors (Lipinski definition) is 4. The highest BCUT2D eigenvalue weighted by molar-refractivity contribution is 5.85. The number of carbonyl (C=O) groups is 1. The van der Waals surface area contributed by atoms with Crippen LogP contribution in [0.4, 0.5) is 0 Å². The standard InChI is InChI=1S/C12H23N3O2.ClH/c1-17-6-5-15-10-14(9-12(15)16)8-11-3-2-4-13-7-11;/h11,13H,2-10H2,1H3;1H. The summed E-state index contributed by atoms with van der Waals surface area (Å²) in [6, 6.07) is 0. The third-order valence-electron chi connectivity index (χ3n) is 3.56. The van der Waals surface area contributed by atoms with Crippen molar-refractivity contribution < 1.29 is 9.53 Å². The van der Waals surface area contributed by atoms with E-state index in [9.17, 15) is 4.79 Å². The maximum Gasteiger partial charge on any atom is 0.237 e. The number of hydrogen-bond donors (Lipinski definition) is 1. The van der Waals surface area contributed by atoms with Crippen molar-refractivity contribution in [1.82, 2.24) is 15.1 Å². The van der Waals surface area contributed by atoms with Gasteiger partial charge in [-0.2, -0.15) is 0 Å². The molecule has 0 aromatic heterocycles. The zero-order chi connectivity index (χ0) is 12.1. The van der Waals surface area contributed by atoms with Gasteiger partial charge in [0.1, 0.15) is 0 Å². The van der Waals surface area contributed by atoms with Crippen LogP contribution in [0.2, 0.25) is 0 Å². The lowest BCUT2D eigenvalue weighted by molar-refractivity contribution is -0.127. The van der Waals surface area contributed by atoms with Gasteiger partial charge in [-0.1, -0.05) is 0 Å². The van der Waals surface area contributed by atoms with Gasteiger partial charge in [-0.25, -0.2) is 0 Å². The Hall–Kier alpha value is -0.360. The average Bonchev–Trinajstić information content (AvgIpc) is 2.68. The Balaban J connectivity index is 0.00000162. The van der Waals surface area contributed by atoms with Gasteiger partial charge in [-0.15, -0.1) is 12.4 Å². The van der Waals surface area contributed by atoms with Gasteiger partial charge in [0, 0.05) is 20.2 Å². The first-order valence-electron chi connectivity index (χ1n) is 6.49. The molecule has 2 rings (SSSR count). The predicted molar refractivity (Wildman–Crippen MR) is 72.9 cm³/mol. The molecule has 0 aromatic carbocycles. The summed E-state index contributed by atoms with van der Waals surface area (Å²) in [5, 5.41) is 3.42. The normalized spacial score (nSPS) is 25.3. The highest BCUT2D eigenvalue weighted by atomic mass is 35.5. The lowest BCUT2D eigenvalue weighted by atomic mass is 9.99. The molecular formula is C12H24ClN3O2. The summed E-state index contributed by atoms with van der Waals surface area (Å²) < 4.78 is 5.01. The highest BCUT2D eigenvalue weighted by Crippen LogP contribution is 2.15. The Kier molecular flexibility index (Phi) is 6.92. The largest absolute Gasteiger partial charge is 0.383 e. The number of nitrogens with one attached hydrogen (secondary N) is 1. The van der Waals surface area contributed by atoms with Gasteiger partial charge in [0.15, 0.2) is 0 Å².